The molecule has 0 saturated heterocycles. The minimum absolute atomic E-state index is 0.0420. The summed E-state index contributed by atoms with van der Waals surface area (Å²) in [6, 6.07) is -0.505. The van der Waals surface area contributed by atoms with Crippen LogP contribution in [0.15, 0.2) is 4.99 Å². The van der Waals surface area contributed by atoms with Crippen LogP contribution in [-0.4, -0.2) is 36.2 Å². The van der Waals surface area contributed by atoms with E-state index in [1.807, 2.05) is 6.92 Å². The van der Waals surface area contributed by atoms with Crippen molar-refractivity contribution in [2.24, 2.45) is 16.5 Å². The number of carboxylic acids is 1. The Labute approximate surface area is 83.4 Å². The molecule has 0 aliphatic rings. The van der Waals surface area contributed by atoms with E-state index in [4.69, 9.17) is 16.6 Å². The molecule has 6 nitrogen and oxygen atoms in total. The fraction of sp³-hybridized carbons (Fsp3) is 0.750. The molecule has 0 fully saturated rings. The number of carboxylic acid groups (broad SMARTS) is 1. The van der Waals surface area contributed by atoms with Crippen LogP contribution < -0.4 is 16.8 Å². The quantitative estimate of drug-likeness (QED) is 0.243. The lowest BCUT2D eigenvalue weighted by atomic mass is 10.1. The van der Waals surface area contributed by atoms with Gasteiger partial charge in [-0.3, -0.25) is 9.79 Å². The molecular formula is C8H18N4O2. The van der Waals surface area contributed by atoms with Crippen molar-refractivity contribution in [3.8, 4) is 0 Å². The van der Waals surface area contributed by atoms with Crippen LogP contribution in [0.4, 0.5) is 0 Å². The highest BCUT2D eigenvalue weighted by Gasteiger charge is 2.14. The predicted octanol–water partition coefficient (Wildman–Crippen LogP) is -0.897. The highest BCUT2D eigenvalue weighted by Crippen LogP contribution is 1.97. The first kappa shape index (κ1) is 12.7. The van der Waals surface area contributed by atoms with Gasteiger partial charge in [0.2, 0.25) is 0 Å². The van der Waals surface area contributed by atoms with Gasteiger partial charge in [0.25, 0.3) is 0 Å². The number of aliphatic carboxylic acids is 1. The van der Waals surface area contributed by atoms with Crippen LogP contribution in [0.3, 0.4) is 0 Å². The average Bonchev–Trinajstić information content (AvgIpc) is 2.09. The first-order valence-electron chi connectivity index (χ1n) is 4.59. The Morgan fingerprint density at radius 1 is 1.57 bits per heavy atom. The number of hydrogen-bond acceptors (Lipinski definition) is 3. The molecule has 82 valence electrons. The van der Waals surface area contributed by atoms with E-state index >= 15 is 0 Å². The molecule has 1 atom stereocenters. The summed E-state index contributed by atoms with van der Waals surface area (Å²) in [6.07, 6.45) is 1.18. The Bertz CT molecular complexity index is 202. The fourth-order valence-corrected chi connectivity index (χ4v) is 1.06. The van der Waals surface area contributed by atoms with Crippen molar-refractivity contribution < 1.29 is 9.90 Å². The van der Waals surface area contributed by atoms with Gasteiger partial charge >= 0.3 is 5.97 Å². The van der Waals surface area contributed by atoms with E-state index in [2.05, 4.69) is 10.3 Å². The van der Waals surface area contributed by atoms with Crippen molar-refractivity contribution >= 4 is 11.9 Å². The molecule has 0 saturated carbocycles. The standard InChI is InChI=1S/C8H18N4O2/c1-2-11-6(7(13)14)4-3-5-12-8(9)10/h6,11H,2-5H2,1H3,(H,13,14)(H4,9,10,12)/t6-/m0/s1. The van der Waals surface area contributed by atoms with E-state index in [9.17, 15) is 4.79 Å². The number of rotatable bonds is 7. The highest BCUT2D eigenvalue weighted by atomic mass is 16.4. The molecule has 0 aromatic rings. The SMILES string of the molecule is CCN[C@@H](CCCN=C(N)N)C(=O)O. The summed E-state index contributed by atoms with van der Waals surface area (Å²) in [5.41, 5.74) is 10.2. The predicted molar refractivity (Wildman–Crippen MR) is 55.0 cm³/mol. The van der Waals surface area contributed by atoms with Gasteiger partial charge in [-0.1, -0.05) is 6.92 Å². The van der Waals surface area contributed by atoms with E-state index < -0.39 is 12.0 Å². The zero-order chi connectivity index (χ0) is 11.0. The van der Waals surface area contributed by atoms with Gasteiger partial charge in [-0.25, -0.2) is 0 Å². The van der Waals surface area contributed by atoms with Crippen LogP contribution >= 0.6 is 0 Å². The second-order valence-electron chi connectivity index (χ2n) is 2.90. The van der Waals surface area contributed by atoms with Crippen molar-refractivity contribution in [1.29, 1.82) is 0 Å². The van der Waals surface area contributed by atoms with Crippen LogP contribution in [0.5, 0.6) is 0 Å². The molecule has 6 N–H and O–H groups in total. The number of carbonyl (C=O) groups is 1. The minimum Gasteiger partial charge on any atom is -0.480 e. The monoisotopic (exact) mass is 202 g/mol. The molecule has 0 aliphatic heterocycles. The second kappa shape index (κ2) is 7.14. The maximum Gasteiger partial charge on any atom is 0.320 e. The summed E-state index contributed by atoms with van der Waals surface area (Å²) in [5, 5.41) is 11.6. The lowest BCUT2D eigenvalue weighted by Gasteiger charge is -2.11. The molecule has 0 amide bonds. The third-order valence-electron chi connectivity index (χ3n) is 1.69. The Hall–Kier alpha value is -1.30. The Morgan fingerprint density at radius 2 is 2.21 bits per heavy atom. The molecule has 0 radical (unpaired) electrons. The third-order valence-corrected chi connectivity index (χ3v) is 1.69. The maximum atomic E-state index is 10.7. The number of aliphatic imine (C=N–C) groups is 1. The van der Waals surface area contributed by atoms with Crippen molar-refractivity contribution in [1.82, 2.24) is 5.32 Å². The van der Waals surface area contributed by atoms with Crippen molar-refractivity contribution in [2.75, 3.05) is 13.1 Å². The van der Waals surface area contributed by atoms with Crippen molar-refractivity contribution in [3.63, 3.8) is 0 Å². The van der Waals surface area contributed by atoms with E-state index in [1.165, 1.54) is 0 Å². The molecule has 0 unspecified atom stereocenters. The Balaban J connectivity index is 3.72. The van der Waals surface area contributed by atoms with Gasteiger partial charge in [-0.05, 0) is 19.4 Å². The van der Waals surface area contributed by atoms with Gasteiger partial charge in [0.05, 0.1) is 0 Å². The van der Waals surface area contributed by atoms with Crippen LogP contribution in [-0.2, 0) is 4.79 Å². The number of nitrogens with zero attached hydrogens (tertiary/aromatic N) is 1. The van der Waals surface area contributed by atoms with Gasteiger partial charge in [0.1, 0.15) is 6.04 Å². The molecule has 0 heterocycles. The smallest absolute Gasteiger partial charge is 0.320 e. The van der Waals surface area contributed by atoms with Crippen molar-refractivity contribution in [3.05, 3.63) is 0 Å². The number of likely N-dealkylation sites (N-methyl/N-ethyl adjacent to an activating group) is 1. The summed E-state index contributed by atoms with van der Waals surface area (Å²) < 4.78 is 0. The molecule has 0 aromatic heterocycles. The molecule has 0 bridgehead atoms. The summed E-state index contributed by atoms with van der Waals surface area (Å²) in [7, 11) is 0. The summed E-state index contributed by atoms with van der Waals surface area (Å²) >= 11 is 0. The number of nitrogens with two attached hydrogens (primary N) is 2. The van der Waals surface area contributed by atoms with Crippen LogP contribution in [0.25, 0.3) is 0 Å². The number of hydrogen-bond donors (Lipinski definition) is 4. The lowest BCUT2D eigenvalue weighted by Crippen LogP contribution is -2.36. The highest BCUT2D eigenvalue weighted by molar-refractivity contribution is 5.75. The number of nitrogens with one attached hydrogen (secondary N) is 1. The van der Waals surface area contributed by atoms with E-state index in [1.54, 1.807) is 0 Å². The molecule has 0 aromatic carbocycles. The van der Waals surface area contributed by atoms with Gasteiger partial charge in [-0.2, -0.15) is 0 Å². The summed E-state index contributed by atoms with van der Waals surface area (Å²) in [6.45, 7) is 2.97. The van der Waals surface area contributed by atoms with Crippen LogP contribution in [0, 0.1) is 0 Å². The molecule has 6 heteroatoms. The number of guanidine groups is 1. The van der Waals surface area contributed by atoms with Gasteiger partial charge < -0.3 is 21.9 Å². The normalized spacial score (nSPS) is 12.1. The van der Waals surface area contributed by atoms with E-state index in [-0.39, 0.29) is 5.96 Å². The average molecular weight is 202 g/mol. The third kappa shape index (κ3) is 6.24. The molecule has 14 heavy (non-hydrogen) atoms. The van der Waals surface area contributed by atoms with E-state index in [0.29, 0.717) is 25.9 Å². The minimum atomic E-state index is -0.837. The van der Waals surface area contributed by atoms with Crippen molar-refractivity contribution in [2.45, 2.75) is 25.8 Å². The summed E-state index contributed by atoms with van der Waals surface area (Å²) in [4.78, 5) is 14.4. The topological polar surface area (TPSA) is 114 Å². The van der Waals surface area contributed by atoms with E-state index in [0.717, 1.165) is 0 Å². The molecule has 0 rings (SSSR count). The molecular weight excluding hydrogens is 184 g/mol. The molecule has 0 spiro atoms. The first-order valence-corrected chi connectivity index (χ1v) is 4.59. The second-order valence-corrected chi connectivity index (χ2v) is 2.90. The van der Waals surface area contributed by atoms with Crippen LogP contribution in [0.1, 0.15) is 19.8 Å². The lowest BCUT2D eigenvalue weighted by molar-refractivity contribution is -0.139. The Kier molecular flexibility index (Phi) is 6.47. The maximum absolute atomic E-state index is 10.7. The Morgan fingerprint density at radius 3 is 2.64 bits per heavy atom. The van der Waals surface area contributed by atoms with Crippen LogP contribution in [0.2, 0.25) is 0 Å². The zero-order valence-corrected chi connectivity index (χ0v) is 8.36. The van der Waals surface area contributed by atoms with Gasteiger partial charge in [0.15, 0.2) is 5.96 Å². The largest absolute Gasteiger partial charge is 0.480 e. The summed E-state index contributed by atoms with van der Waals surface area (Å²) in [5.74, 6) is -0.795. The zero-order valence-electron chi connectivity index (χ0n) is 8.36. The molecule has 0 aliphatic carbocycles. The van der Waals surface area contributed by atoms with Gasteiger partial charge in [0, 0.05) is 6.54 Å². The fourth-order valence-electron chi connectivity index (χ4n) is 1.06. The van der Waals surface area contributed by atoms with Gasteiger partial charge in [-0.15, -0.1) is 0 Å². The first-order chi connectivity index (χ1) is 6.57.